The highest BCUT2D eigenvalue weighted by atomic mass is 15.3. The second-order valence-electron chi connectivity index (χ2n) is 5.18. The molecule has 2 aromatic carbocycles. The van der Waals surface area contributed by atoms with Gasteiger partial charge in [-0.25, -0.2) is 0 Å². The number of benzene rings is 2. The fourth-order valence-electron chi connectivity index (χ4n) is 2.50. The average molecular weight is 287 g/mol. The molecule has 0 saturated carbocycles. The van der Waals surface area contributed by atoms with Crippen LogP contribution in [0.4, 0.5) is 0 Å². The highest BCUT2D eigenvalue weighted by molar-refractivity contribution is 5.59. The molecule has 0 spiro atoms. The first-order valence-electron chi connectivity index (χ1n) is 7.40. The standard InChI is InChI=1S/C19H17N3/c20-12-7-13-22-18(14-16-8-3-1-4-9-16)15-19(21-22)17-10-5-2-6-11-17/h1-6,8-11,15H,7,13-14H2. The molecule has 3 aromatic rings. The minimum atomic E-state index is 0.470. The van der Waals surface area contributed by atoms with Crippen molar-refractivity contribution in [2.45, 2.75) is 19.4 Å². The van der Waals surface area contributed by atoms with Crippen LogP contribution in [0.3, 0.4) is 0 Å². The molecular formula is C19H17N3. The highest BCUT2D eigenvalue weighted by Crippen LogP contribution is 2.21. The largest absolute Gasteiger partial charge is 0.268 e. The van der Waals surface area contributed by atoms with E-state index in [-0.39, 0.29) is 0 Å². The second kappa shape index (κ2) is 6.73. The predicted octanol–water partition coefficient (Wildman–Crippen LogP) is 4.05. The minimum Gasteiger partial charge on any atom is -0.268 e. The molecule has 0 amide bonds. The van der Waals surface area contributed by atoms with Gasteiger partial charge in [0.2, 0.25) is 0 Å². The zero-order valence-corrected chi connectivity index (χ0v) is 12.3. The summed E-state index contributed by atoms with van der Waals surface area (Å²) in [4.78, 5) is 0. The molecule has 0 aliphatic heterocycles. The number of aryl methyl sites for hydroxylation is 1. The molecule has 0 radical (unpaired) electrons. The quantitative estimate of drug-likeness (QED) is 0.710. The van der Waals surface area contributed by atoms with Gasteiger partial charge in [0.05, 0.1) is 24.7 Å². The molecule has 0 atom stereocenters. The van der Waals surface area contributed by atoms with E-state index in [1.807, 2.05) is 41.1 Å². The zero-order valence-electron chi connectivity index (χ0n) is 12.3. The van der Waals surface area contributed by atoms with Crippen LogP contribution in [0.25, 0.3) is 11.3 Å². The van der Waals surface area contributed by atoms with Crippen molar-refractivity contribution >= 4 is 0 Å². The topological polar surface area (TPSA) is 41.6 Å². The third kappa shape index (κ3) is 3.24. The molecule has 3 nitrogen and oxygen atoms in total. The molecule has 0 N–H and O–H groups in total. The summed E-state index contributed by atoms with van der Waals surface area (Å²) in [5.74, 6) is 0. The maximum atomic E-state index is 8.84. The molecule has 1 aromatic heterocycles. The van der Waals surface area contributed by atoms with E-state index in [0.717, 1.165) is 23.4 Å². The Morgan fingerprint density at radius 1 is 0.955 bits per heavy atom. The van der Waals surface area contributed by atoms with Gasteiger partial charge in [0.15, 0.2) is 0 Å². The van der Waals surface area contributed by atoms with Crippen LogP contribution in [0.5, 0.6) is 0 Å². The van der Waals surface area contributed by atoms with Crippen molar-refractivity contribution in [1.29, 1.82) is 5.26 Å². The number of nitriles is 1. The number of nitrogens with zero attached hydrogens (tertiary/aromatic N) is 3. The highest BCUT2D eigenvalue weighted by Gasteiger charge is 2.10. The lowest BCUT2D eigenvalue weighted by Gasteiger charge is -2.05. The Labute approximate surface area is 130 Å². The molecule has 0 aliphatic carbocycles. The Bertz CT molecular complexity index is 767. The minimum absolute atomic E-state index is 0.470. The van der Waals surface area contributed by atoms with Crippen LogP contribution in [0.2, 0.25) is 0 Å². The van der Waals surface area contributed by atoms with E-state index < -0.39 is 0 Å². The van der Waals surface area contributed by atoms with E-state index in [1.54, 1.807) is 0 Å². The molecule has 0 bridgehead atoms. The summed E-state index contributed by atoms with van der Waals surface area (Å²) in [7, 11) is 0. The fraction of sp³-hybridized carbons (Fsp3) is 0.158. The molecule has 108 valence electrons. The van der Waals surface area contributed by atoms with Crippen molar-refractivity contribution in [3.63, 3.8) is 0 Å². The molecule has 0 unspecified atom stereocenters. The SMILES string of the molecule is N#CCCn1nc(-c2ccccc2)cc1Cc1ccccc1. The van der Waals surface area contributed by atoms with E-state index >= 15 is 0 Å². The molecule has 3 heteroatoms. The first-order chi connectivity index (χ1) is 10.9. The normalized spacial score (nSPS) is 10.3. The van der Waals surface area contributed by atoms with Crippen LogP contribution < -0.4 is 0 Å². The van der Waals surface area contributed by atoms with Crippen molar-refractivity contribution in [2.24, 2.45) is 0 Å². The summed E-state index contributed by atoms with van der Waals surface area (Å²) in [5, 5.41) is 13.5. The molecule has 22 heavy (non-hydrogen) atoms. The van der Waals surface area contributed by atoms with Gasteiger partial charge in [-0.05, 0) is 11.6 Å². The van der Waals surface area contributed by atoms with Crippen molar-refractivity contribution in [1.82, 2.24) is 9.78 Å². The zero-order chi connectivity index (χ0) is 15.2. The average Bonchev–Trinajstić information content (AvgIpc) is 2.97. The summed E-state index contributed by atoms with van der Waals surface area (Å²) in [6.45, 7) is 0.630. The Hall–Kier alpha value is -2.86. The summed E-state index contributed by atoms with van der Waals surface area (Å²) in [5.41, 5.74) is 4.46. The monoisotopic (exact) mass is 287 g/mol. The predicted molar refractivity (Wildman–Crippen MR) is 87.1 cm³/mol. The van der Waals surface area contributed by atoms with Crippen LogP contribution in [0.1, 0.15) is 17.7 Å². The lowest BCUT2D eigenvalue weighted by molar-refractivity contribution is 0.603. The van der Waals surface area contributed by atoms with Gasteiger partial charge in [0.25, 0.3) is 0 Å². The molecule has 3 rings (SSSR count). The summed E-state index contributed by atoms with van der Waals surface area (Å²) < 4.78 is 1.96. The molecule has 1 heterocycles. The summed E-state index contributed by atoms with van der Waals surface area (Å²) >= 11 is 0. The number of rotatable bonds is 5. The van der Waals surface area contributed by atoms with Crippen LogP contribution in [0, 0.1) is 11.3 Å². The third-order valence-electron chi connectivity index (χ3n) is 3.60. The van der Waals surface area contributed by atoms with Gasteiger partial charge in [-0.3, -0.25) is 4.68 Å². The Morgan fingerprint density at radius 3 is 2.32 bits per heavy atom. The molecule has 0 aliphatic rings. The van der Waals surface area contributed by atoms with Crippen LogP contribution in [-0.4, -0.2) is 9.78 Å². The van der Waals surface area contributed by atoms with Gasteiger partial charge >= 0.3 is 0 Å². The van der Waals surface area contributed by atoms with E-state index in [2.05, 4.69) is 41.5 Å². The van der Waals surface area contributed by atoms with Gasteiger partial charge in [0, 0.05) is 17.7 Å². The maximum absolute atomic E-state index is 8.84. The first-order valence-corrected chi connectivity index (χ1v) is 7.40. The number of hydrogen-bond acceptors (Lipinski definition) is 2. The van der Waals surface area contributed by atoms with Gasteiger partial charge < -0.3 is 0 Å². The molecular weight excluding hydrogens is 270 g/mol. The fourth-order valence-corrected chi connectivity index (χ4v) is 2.50. The van der Waals surface area contributed by atoms with E-state index in [9.17, 15) is 0 Å². The molecule has 0 fully saturated rings. The maximum Gasteiger partial charge on any atom is 0.0926 e. The number of hydrogen-bond donors (Lipinski definition) is 0. The molecule has 0 saturated heterocycles. The van der Waals surface area contributed by atoms with E-state index in [0.29, 0.717) is 13.0 Å². The van der Waals surface area contributed by atoms with Gasteiger partial charge in [-0.15, -0.1) is 0 Å². The van der Waals surface area contributed by atoms with E-state index in [4.69, 9.17) is 5.26 Å². The van der Waals surface area contributed by atoms with E-state index in [1.165, 1.54) is 5.56 Å². The van der Waals surface area contributed by atoms with Crippen LogP contribution in [-0.2, 0) is 13.0 Å². The van der Waals surface area contributed by atoms with Crippen molar-refractivity contribution in [2.75, 3.05) is 0 Å². The lowest BCUT2D eigenvalue weighted by atomic mass is 10.1. The van der Waals surface area contributed by atoms with Crippen molar-refractivity contribution < 1.29 is 0 Å². The van der Waals surface area contributed by atoms with Crippen LogP contribution >= 0.6 is 0 Å². The third-order valence-corrected chi connectivity index (χ3v) is 3.60. The smallest absolute Gasteiger partial charge is 0.0926 e. The number of aromatic nitrogens is 2. The Morgan fingerprint density at radius 2 is 1.64 bits per heavy atom. The van der Waals surface area contributed by atoms with Gasteiger partial charge in [0.1, 0.15) is 0 Å². The second-order valence-corrected chi connectivity index (χ2v) is 5.18. The summed E-state index contributed by atoms with van der Waals surface area (Å²) in [6.07, 6.45) is 1.30. The lowest BCUT2D eigenvalue weighted by Crippen LogP contribution is -2.05. The summed E-state index contributed by atoms with van der Waals surface area (Å²) in [6, 6.07) is 24.8. The Balaban J connectivity index is 1.93. The Kier molecular flexibility index (Phi) is 4.31. The van der Waals surface area contributed by atoms with Gasteiger partial charge in [-0.2, -0.15) is 10.4 Å². The van der Waals surface area contributed by atoms with Gasteiger partial charge in [-0.1, -0.05) is 60.7 Å². The van der Waals surface area contributed by atoms with Crippen molar-refractivity contribution in [3.05, 3.63) is 78.0 Å². The van der Waals surface area contributed by atoms with Crippen molar-refractivity contribution in [3.8, 4) is 17.3 Å². The first kappa shape index (κ1) is 14.1. The van der Waals surface area contributed by atoms with Crippen LogP contribution in [0.15, 0.2) is 66.7 Å².